The van der Waals surface area contributed by atoms with Crippen LogP contribution in [0.1, 0.15) is 12.0 Å². The number of anilines is 1. The van der Waals surface area contributed by atoms with Crippen molar-refractivity contribution in [2.24, 2.45) is 0 Å². The molecule has 1 fully saturated rings. The summed E-state index contributed by atoms with van der Waals surface area (Å²) in [4.78, 5) is 16.6. The van der Waals surface area contributed by atoms with Gasteiger partial charge in [0.05, 0.1) is 10.9 Å². The molecule has 0 spiro atoms. The number of hydrogen-bond acceptors (Lipinski definition) is 2. The minimum atomic E-state index is -0.332. The Labute approximate surface area is 154 Å². The predicted molar refractivity (Wildman–Crippen MR) is 97.6 cm³/mol. The highest BCUT2D eigenvalue weighted by molar-refractivity contribution is 9.10. The molecule has 1 saturated heterocycles. The first-order valence-electron chi connectivity index (χ1n) is 8.25. The molecule has 0 aliphatic carbocycles. The molecule has 0 aromatic heterocycles. The molecule has 0 atom stereocenters. The molecule has 0 saturated carbocycles. The van der Waals surface area contributed by atoms with Crippen molar-refractivity contribution >= 4 is 27.5 Å². The lowest BCUT2D eigenvalue weighted by Gasteiger charge is -2.23. The minimum Gasteiger partial charge on any atom is -0.370 e. The molecule has 2 aromatic carbocycles. The van der Waals surface area contributed by atoms with E-state index in [2.05, 4.69) is 20.8 Å². The maximum absolute atomic E-state index is 13.3. The van der Waals surface area contributed by atoms with E-state index in [1.54, 1.807) is 24.3 Å². The number of carbonyl (C=O) groups excluding carboxylic acids is 1. The first-order chi connectivity index (χ1) is 12.0. The van der Waals surface area contributed by atoms with Crippen molar-refractivity contribution in [2.75, 3.05) is 31.1 Å². The second-order valence-electron chi connectivity index (χ2n) is 6.12. The fourth-order valence-corrected chi connectivity index (χ4v) is 3.44. The second-order valence-corrected chi connectivity index (χ2v) is 6.98. The molecule has 6 heteroatoms. The molecule has 0 N–H and O–H groups in total. The van der Waals surface area contributed by atoms with Crippen LogP contribution in [0.15, 0.2) is 46.9 Å². The number of carbonyl (C=O) groups is 1. The zero-order valence-corrected chi connectivity index (χ0v) is 15.3. The molecule has 1 amide bonds. The van der Waals surface area contributed by atoms with Gasteiger partial charge in [0.1, 0.15) is 11.6 Å². The molecule has 1 aliphatic rings. The van der Waals surface area contributed by atoms with Crippen LogP contribution in [0.2, 0.25) is 0 Å². The molecular weight excluding hydrogens is 390 g/mol. The van der Waals surface area contributed by atoms with E-state index in [1.165, 1.54) is 18.2 Å². The SMILES string of the molecule is O=C(Cc1ccc(F)c(Br)c1)N1CCCN(c2ccc(F)cc2)CC1. The van der Waals surface area contributed by atoms with Crippen molar-refractivity contribution in [2.45, 2.75) is 12.8 Å². The van der Waals surface area contributed by atoms with E-state index in [-0.39, 0.29) is 24.0 Å². The molecule has 0 radical (unpaired) electrons. The van der Waals surface area contributed by atoms with Gasteiger partial charge in [-0.1, -0.05) is 6.07 Å². The number of rotatable bonds is 3. The summed E-state index contributed by atoms with van der Waals surface area (Å²) in [7, 11) is 0. The first kappa shape index (κ1) is 17.9. The van der Waals surface area contributed by atoms with Crippen molar-refractivity contribution in [1.82, 2.24) is 4.90 Å². The minimum absolute atomic E-state index is 0.0412. The molecule has 3 nitrogen and oxygen atoms in total. The normalized spacial score (nSPS) is 15.2. The predicted octanol–water partition coefficient (Wildman–Crippen LogP) is 4.01. The molecule has 0 unspecified atom stereocenters. The van der Waals surface area contributed by atoms with Crippen LogP contribution in [-0.4, -0.2) is 37.0 Å². The molecule has 3 rings (SSSR count). The summed E-state index contributed by atoms with van der Waals surface area (Å²) in [6.45, 7) is 2.86. The summed E-state index contributed by atoms with van der Waals surface area (Å²) in [6, 6.07) is 11.1. The average molecular weight is 409 g/mol. The van der Waals surface area contributed by atoms with Gasteiger partial charge in [-0.3, -0.25) is 4.79 Å². The van der Waals surface area contributed by atoms with Crippen molar-refractivity contribution < 1.29 is 13.6 Å². The zero-order chi connectivity index (χ0) is 17.8. The van der Waals surface area contributed by atoms with E-state index < -0.39 is 0 Å². The molecule has 0 bridgehead atoms. The third-order valence-corrected chi connectivity index (χ3v) is 4.99. The third-order valence-electron chi connectivity index (χ3n) is 4.38. The van der Waals surface area contributed by atoms with E-state index >= 15 is 0 Å². The summed E-state index contributed by atoms with van der Waals surface area (Å²) in [5, 5.41) is 0. The standard InChI is InChI=1S/C19H19BrF2N2O/c20-17-12-14(2-7-18(17)22)13-19(25)24-9-1-8-23(10-11-24)16-5-3-15(21)4-6-16/h2-7,12H,1,8-11,13H2. The summed E-state index contributed by atoms with van der Waals surface area (Å²) in [5.74, 6) is -0.541. The Bertz CT molecular complexity index is 752. The molecule has 1 aliphatic heterocycles. The van der Waals surface area contributed by atoms with Crippen LogP contribution < -0.4 is 4.90 Å². The van der Waals surface area contributed by atoms with Crippen molar-refractivity contribution in [3.8, 4) is 0 Å². The van der Waals surface area contributed by atoms with Crippen LogP contribution in [0.3, 0.4) is 0 Å². The Morgan fingerprint density at radius 1 is 1.00 bits per heavy atom. The van der Waals surface area contributed by atoms with Gasteiger partial charge in [-0.15, -0.1) is 0 Å². The van der Waals surface area contributed by atoms with Gasteiger partial charge in [0.15, 0.2) is 0 Å². The Morgan fingerprint density at radius 3 is 2.48 bits per heavy atom. The summed E-state index contributed by atoms with van der Waals surface area (Å²) in [6.07, 6.45) is 1.12. The summed E-state index contributed by atoms with van der Waals surface area (Å²) >= 11 is 3.15. The van der Waals surface area contributed by atoms with Gasteiger partial charge in [-0.2, -0.15) is 0 Å². The highest BCUT2D eigenvalue weighted by Gasteiger charge is 2.19. The Hall–Kier alpha value is -1.95. The zero-order valence-electron chi connectivity index (χ0n) is 13.7. The highest BCUT2D eigenvalue weighted by atomic mass is 79.9. The smallest absolute Gasteiger partial charge is 0.227 e. The van der Waals surface area contributed by atoms with Gasteiger partial charge in [0.2, 0.25) is 5.91 Å². The van der Waals surface area contributed by atoms with Crippen molar-refractivity contribution in [3.05, 3.63) is 64.1 Å². The monoisotopic (exact) mass is 408 g/mol. The average Bonchev–Trinajstić information content (AvgIpc) is 2.85. The number of hydrogen-bond donors (Lipinski definition) is 0. The molecule has 2 aromatic rings. The first-order valence-corrected chi connectivity index (χ1v) is 9.04. The van der Waals surface area contributed by atoms with Gasteiger partial charge < -0.3 is 9.80 Å². The van der Waals surface area contributed by atoms with Crippen LogP contribution in [-0.2, 0) is 11.2 Å². The Morgan fingerprint density at radius 2 is 1.76 bits per heavy atom. The number of halogens is 3. The van der Waals surface area contributed by atoms with Crippen LogP contribution in [0.5, 0.6) is 0 Å². The highest BCUT2D eigenvalue weighted by Crippen LogP contribution is 2.19. The number of nitrogens with zero attached hydrogens (tertiary/aromatic N) is 2. The molecule has 25 heavy (non-hydrogen) atoms. The van der Waals surface area contributed by atoms with Crippen LogP contribution in [0.4, 0.5) is 14.5 Å². The van der Waals surface area contributed by atoms with Gasteiger partial charge >= 0.3 is 0 Å². The van der Waals surface area contributed by atoms with E-state index in [4.69, 9.17) is 0 Å². The Balaban J connectivity index is 1.61. The fraction of sp³-hybridized carbons (Fsp3) is 0.316. The summed E-state index contributed by atoms with van der Waals surface area (Å²) < 4.78 is 26.7. The van der Waals surface area contributed by atoms with E-state index in [1.807, 2.05) is 4.90 Å². The van der Waals surface area contributed by atoms with E-state index in [0.29, 0.717) is 24.1 Å². The van der Waals surface area contributed by atoms with Crippen molar-refractivity contribution in [3.63, 3.8) is 0 Å². The van der Waals surface area contributed by atoms with Crippen LogP contribution >= 0.6 is 15.9 Å². The molecule has 132 valence electrons. The van der Waals surface area contributed by atoms with Gasteiger partial charge in [0, 0.05) is 31.9 Å². The third kappa shape index (κ3) is 4.57. The lowest BCUT2D eigenvalue weighted by molar-refractivity contribution is -0.130. The largest absolute Gasteiger partial charge is 0.370 e. The number of benzene rings is 2. The second kappa shape index (κ2) is 7.95. The van der Waals surface area contributed by atoms with Crippen LogP contribution in [0.25, 0.3) is 0 Å². The summed E-state index contributed by atoms with van der Waals surface area (Å²) in [5.41, 5.74) is 1.76. The quantitative estimate of drug-likeness (QED) is 0.765. The van der Waals surface area contributed by atoms with Crippen molar-refractivity contribution in [1.29, 1.82) is 0 Å². The van der Waals surface area contributed by atoms with Gasteiger partial charge in [0.25, 0.3) is 0 Å². The Kier molecular flexibility index (Phi) is 5.68. The molecular formula is C19H19BrF2N2O. The lowest BCUT2D eigenvalue weighted by atomic mass is 10.1. The fourth-order valence-electron chi connectivity index (χ4n) is 3.01. The van der Waals surface area contributed by atoms with Crippen LogP contribution in [0, 0.1) is 11.6 Å². The van der Waals surface area contributed by atoms with Gasteiger partial charge in [-0.25, -0.2) is 8.78 Å². The van der Waals surface area contributed by atoms with Gasteiger partial charge in [-0.05, 0) is 64.3 Å². The van der Waals surface area contributed by atoms with E-state index in [0.717, 1.165) is 24.2 Å². The number of amides is 1. The topological polar surface area (TPSA) is 23.6 Å². The molecule has 1 heterocycles. The maximum Gasteiger partial charge on any atom is 0.227 e. The van der Waals surface area contributed by atoms with E-state index in [9.17, 15) is 13.6 Å². The maximum atomic E-state index is 13.3. The lowest BCUT2D eigenvalue weighted by Crippen LogP contribution is -2.36.